The topological polar surface area (TPSA) is 102 Å². The molecule has 0 radical (unpaired) electrons. The average Bonchev–Trinajstić information content (AvgIpc) is 2.98. The van der Waals surface area contributed by atoms with Gasteiger partial charge in [-0.25, -0.2) is 13.4 Å². The van der Waals surface area contributed by atoms with Crippen LogP contribution in [-0.2, 0) is 14.6 Å². The van der Waals surface area contributed by atoms with E-state index in [9.17, 15) is 13.2 Å². The Labute approximate surface area is 124 Å². The van der Waals surface area contributed by atoms with Gasteiger partial charge in [-0.3, -0.25) is 4.79 Å². The van der Waals surface area contributed by atoms with Gasteiger partial charge in [0.25, 0.3) is 0 Å². The van der Waals surface area contributed by atoms with E-state index in [1.165, 1.54) is 12.3 Å². The highest BCUT2D eigenvalue weighted by atomic mass is 32.2. The summed E-state index contributed by atoms with van der Waals surface area (Å²) in [4.78, 5) is 16.2. The zero-order chi connectivity index (χ0) is 15.2. The SMILES string of the molecule is CS(=O)(=O)c1ccc(NC(=O)C2C3CCC(C3)C2N)cn1. The molecule has 114 valence electrons. The van der Waals surface area contributed by atoms with Crippen molar-refractivity contribution in [3.05, 3.63) is 18.3 Å². The van der Waals surface area contributed by atoms with Crippen molar-refractivity contribution in [2.24, 2.45) is 23.5 Å². The first-order valence-electron chi connectivity index (χ1n) is 7.09. The second-order valence-electron chi connectivity index (χ2n) is 6.08. The maximum absolute atomic E-state index is 12.4. The lowest BCUT2D eigenvalue weighted by molar-refractivity contribution is -0.121. The molecule has 4 atom stereocenters. The Hall–Kier alpha value is -1.47. The maximum atomic E-state index is 12.4. The predicted octanol–water partition coefficient (Wildman–Crippen LogP) is 0.797. The fourth-order valence-corrected chi connectivity index (χ4v) is 4.18. The van der Waals surface area contributed by atoms with E-state index in [1.807, 2.05) is 0 Å². The molecule has 0 spiro atoms. The minimum Gasteiger partial charge on any atom is -0.327 e. The monoisotopic (exact) mass is 309 g/mol. The number of pyridine rings is 1. The number of sulfone groups is 1. The van der Waals surface area contributed by atoms with E-state index in [1.54, 1.807) is 6.07 Å². The van der Waals surface area contributed by atoms with Gasteiger partial charge >= 0.3 is 0 Å². The number of aromatic nitrogens is 1. The zero-order valence-corrected chi connectivity index (χ0v) is 12.6. The first-order valence-corrected chi connectivity index (χ1v) is 8.98. The molecule has 2 saturated carbocycles. The first-order chi connectivity index (χ1) is 9.86. The number of nitrogens with zero attached hydrogens (tertiary/aromatic N) is 1. The molecule has 3 rings (SSSR count). The molecule has 4 unspecified atom stereocenters. The van der Waals surface area contributed by atoms with Crippen molar-refractivity contribution >= 4 is 21.4 Å². The van der Waals surface area contributed by atoms with Gasteiger partial charge in [-0.2, -0.15) is 0 Å². The zero-order valence-electron chi connectivity index (χ0n) is 11.8. The second-order valence-corrected chi connectivity index (χ2v) is 8.05. The Kier molecular flexibility index (Phi) is 3.49. The summed E-state index contributed by atoms with van der Waals surface area (Å²) in [5, 5.41) is 2.80. The smallest absolute Gasteiger partial charge is 0.229 e. The standard InChI is InChI=1S/C14H19N3O3S/c1-21(19,20)11-5-4-10(7-16-11)17-14(18)12-8-2-3-9(6-8)13(12)15/h4-5,7-9,12-13H,2-3,6,15H2,1H3,(H,17,18). The van der Waals surface area contributed by atoms with Gasteiger partial charge in [0.1, 0.15) is 0 Å². The maximum Gasteiger partial charge on any atom is 0.229 e. The molecule has 0 aromatic carbocycles. The van der Waals surface area contributed by atoms with Gasteiger partial charge in [0.05, 0.1) is 17.8 Å². The molecule has 1 heterocycles. The highest BCUT2D eigenvalue weighted by molar-refractivity contribution is 7.90. The van der Waals surface area contributed by atoms with Crippen LogP contribution in [0.4, 0.5) is 5.69 Å². The van der Waals surface area contributed by atoms with Crippen LogP contribution >= 0.6 is 0 Å². The third kappa shape index (κ3) is 2.67. The molecule has 0 aliphatic heterocycles. The molecule has 1 amide bonds. The van der Waals surface area contributed by atoms with E-state index in [4.69, 9.17) is 5.73 Å². The minimum absolute atomic E-state index is 0.00266. The van der Waals surface area contributed by atoms with Crippen LogP contribution in [0.3, 0.4) is 0 Å². The average molecular weight is 309 g/mol. The van der Waals surface area contributed by atoms with Crippen LogP contribution in [0.15, 0.2) is 23.4 Å². The number of nitrogens with two attached hydrogens (primary N) is 1. The van der Waals surface area contributed by atoms with Gasteiger partial charge in [0, 0.05) is 12.3 Å². The third-order valence-corrected chi connectivity index (χ3v) is 5.67. The molecule has 1 aromatic heterocycles. The Morgan fingerprint density at radius 2 is 2.05 bits per heavy atom. The van der Waals surface area contributed by atoms with Gasteiger partial charge < -0.3 is 11.1 Å². The molecule has 2 aliphatic carbocycles. The summed E-state index contributed by atoms with van der Waals surface area (Å²) in [6.45, 7) is 0. The number of carbonyl (C=O) groups excluding carboxylic acids is 1. The van der Waals surface area contributed by atoms with Crippen molar-refractivity contribution in [1.29, 1.82) is 0 Å². The first kappa shape index (κ1) is 14.5. The molecule has 2 fully saturated rings. The van der Waals surface area contributed by atoms with E-state index in [0.29, 0.717) is 17.5 Å². The Morgan fingerprint density at radius 3 is 2.57 bits per heavy atom. The number of fused-ring (bicyclic) bond motifs is 2. The van der Waals surface area contributed by atoms with Crippen molar-refractivity contribution in [3.63, 3.8) is 0 Å². The van der Waals surface area contributed by atoms with Crippen LogP contribution in [0.2, 0.25) is 0 Å². The largest absolute Gasteiger partial charge is 0.327 e. The van der Waals surface area contributed by atoms with Crippen LogP contribution < -0.4 is 11.1 Å². The predicted molar refractivity (Wildman–Crippen MR) is 78.3 cm³/mol. The molecular weight excluding hydrogens is 290 g/mol. The van der Waals surface area contributed by atoms with Crippen LogP contribution in [-0.4, -0.2) is 31.6 Å². The molecule has 2 bridgehead atoms. The van der Waals surface area contributed by atoms with E-state index >= 15 is 0 Å². The summed E-state index contributed by atoms with van der Waals surface area (Å²) in [6, 6.07) is 2.89. The van der Waals surface area contributed by atoms with Gasteiger partial charge in [-0.05, 0) is 43.2 Å². The lowest BCUT2D eigenvalue weighted by Crippen LogP contribution is -2.42. The molecule has 21 heavy (non-hydrogen) atoms. The van der Waals surface area contributed by atoms with Crippen LogP contribution in [0.1, 0.15) is 19.3 Å². The lowest BCUT2D eigenvalue weighted by atomic mass is 9.84. The number of rotatable bonds is 3. The van der Waals surface area contributed by atoms with E-state index < -0.39 is 9.84 Å². The normalized spacial score (nSPS) is 31.3. The Balaban J connectivity index is 1.71. The number of nitrogens with one attached hydrogen (secondary N) is 1. The quantitative estimate of drug-likeness (QED) is 0.859. The third-order valence-electron chi connectivity index (χ3n) is 4.67. The van der Waals surface area contributed by atoms with Crippen molar-refractivity contribution in [2.45, 2.75) is 30.3 Å². The molecule has 1 aromatic rings. The van der Waals surface area contributed by atoms with Crippen molar-refractivity contribution in [1.82, 2.24) is 4.98 Å². The summed E-state index contributed by atoms with van der Waals surface area (Å²) in [5.41, 5.74) is 6.65. The Morgan fingerprint density at radius 1 is 1.33 bits per heavy atom. The van der Waals surface area contributed by atoms with Gasteiger partial charge in [-0.15, -0.1) is 0 Å². The molecule has 0 saturated heterocycles. The molecule has 2 aliphatic rings. The summed E-state index contributed by atoms with van der Waals surface area (Å²) < 4.78 is 22.7. The van der Waals surface area contributed by atoms with Crippen molar-refractivity contribution < 1.29 is 13.2 Å². The summed E-state index contributed by atoms with van der Waals surface area (Å²) in [7, 11) is -3.32. The number of carbonyl (C=O) groups is 1. The minimum atomic E-state index is -3.32. The molecule has 3 N–H and O–H groups in total. The van der Waals surface area contributed by atoms with E-state index in [2.05, 4.69) is 10.3 Å². The van der Waals surface area contributed by atoms with Gasteiger partial charge in [-0.1, -0.05) is 0 Å². The van der Waals surface area contributed by atoms with Crippen LogP contribution in [0.25, 0.3) is 0 Å². The van der Waals surface area contributed by atoms with Gasteiger partial charge in [0.15, 0.2) is 14.9 Å². The number of hydrogen-bond donors (Lipinski definition) is 2. The fraction of sp³-hybridized carbons (Fsp3) is 0.571. The Bertz CT molecular complexity index is 655. The van der Waals surface area contributed by atoms with E-state index in [-0.39, 0.29) is 22.9 Å². The van der Waals surface area contributed by atoms with Gasteiger partial charge in [0.2, 0.25) is 5.91 Å². The van der Waals surface area contributed by atoms with Crippen molar-refractivity contribution in [3.8, 4) is 0 Å². The number of anilines is 1. The molecule has 7 heteroatoms. The highest BCUT2D eigenvalue weighted by Crippen LogP contribution is 2.47. The molecule has 6 nitrogen and oxygen atoms in total. The lowest BCUT2D eigenvalue weighted by Gasteiger charge is -2.26. The molecular formula is C14H19N3O3S. The number of hydrogen-bond acceptors (Lipinski definition) is 5. The summed E-state index contributed by atoms with van der Waals surface area (Å²) in [5.74, 6) is 0.631. The summed E-state index contributed by atoms with van der Waals surface area (Å²) in [6.07, 6.45) is 5.71. The number of amides is 1. The van der Waals surface area contributed by atoms with Crippen LogP contribution in [0, 0.1) is 17.8 Å². The second kappa shape index (κ2) is 5.06. The summed E-state index contributed by atoms with van der Waals surface area (Å²) >= 11 is 0. The highest BCUT2D eigenvalue weighted by Gasteiger charge is 2.49. The fourth-order valence-electron chi connectivity index (χ4n) is 3.62. The van der Waals surface area contributed by atoms with Crippen LogP contribution in [0.5, 0.6) is 0 Å². The van der Waals surface area contributed by atoms with Crippen molar-refractivity contribution in [2.75, 3.05) is 11.6 Å². The van der Waals surface area contributed by atoms with E-state index in [0.717, 1.165) is 25.5 Å².